The summed E-state index contributed by atoms with van der Waals surface area (Å²) in [6.45, 7) is 1.07. The van der Waals surface area contributed by atoms with Crippen molar-refractivity contribution in [1.82, 2.24) is 5.32 Å². The first-order valence-corrected chi connectivity index (χ1v) is 4.63. The Morgan fingerprint density at radius 1 is 1.41 bits per heavy atom. The minimum Gasteiger partial charge on any atom is -0.345 e. The van der Waals surface area contributed by atoms with E-state index in [-0.39, 0.29) is 17.9 Å². The summed E-state index contributed by atoms with van der Waals surface area (Å²) in [4.78, 5) is 31.7. The van der Waals surface area contributed by atoms with Crippen molar-refractivity contribution in [2.45, 2.75) is 6.92 Å². The maximum atomic E-state index is 13.0. The number of ketones is 1. The number of hydrogen-bond donors (Lipinski definition) is 1. The lowest BCUT2D eigenvalue weighted by Gasteiger charge is -2.03. The van der Waals surface area contributed by atoms with Gasteiger partial charge in [0.1, 0.15) is 11.6 Å². The van der Waals surface area contributed by atoms with Crippen LogP contribution in [0.25, 0.3) is 0 Å². The summed E-state index contributed by atoms with van der Waals surface area (Å²) in [6, 6.07) is 2.52. The average molecular weight is 240 g/mol. The highest BCUT2D eigenvalue weighted by molar-refractivity contribution is 5.96. The van der Waals surface area contributed by atoms with Crippen molar-refractivity contribution in [3.8, 4) is 0 Å². The fourth-order valence-corrected chi connectivity index (χ4v) is 1.12. The lowest BCUT2D eigenvalue weighted by molar-refractivity contribution is -0.385. The van der Waals surface area contributed by atoms with Gasteiger partial charge in [0, 0.05) is 11.6 Å². The van der Waals surface area contributed by atoms with Crippen molar-refractivity contribution in [2.75, 3.05) is 6.54 Å². The summed E-state index contributed by atoms with van der Waals surface area (Å²) >= 11 is 0. The third kappa shape index (κ3) is 3.63. The molecule has 0 bridgehead atoms. The van der Waals surface area contributed by atoms with Gasteiger partial charge in [-0.2, -0.15) is 0 Å². The predicted molar refractivity (Wildman–Crippen MR) is 56.1 cm³/mol. The van der Waals surface area contributed by atoms with Crippen LogP contribution in [0, 0.1) is 15.9 Å². The number of hydrogen-bond acceptors (Lipinski definition) is 4. The van der Waals surface area contributed by atoms with Crippen LogP contribution in [0.4, 0.5) is 10.1 Å². The Kier molecular flexibility index (Phi) is 3.86. The summed E-state index contributed by atoms with van der Waals surface area (Å²) in [7, 11) is 0. The number of halogens is 1. The minimum absolute atomic E-state index is 0.196. The van der Waals surface area contributed by atoms with E-state index in [9.17, 15) is 24.1 Å². The summed E-state index contributed by atoms with van der Waals surface area (Å²) in [6.07, 6.45) is 0. The fourth-order valence-electron chi connectivity index (χ4n) is 1.12. The van der Waals surface area contributed by atoms with E-state index in [1.54, 1.807) is 0 Å². The molecule has 0 saturated carbocycles. The van der Waals surface area contributed by atoms with E-state index in [0.717, 1.165) is 12.1 Å². The second-order valence-corrected chi connectivity index (χ2v) is 3.34. The Balaban J connectivity index is 2.93. The molecule has 0 fully saturated rings. The van der Waals surface area contributed by atoms with Crippen LogP contribution in [0.3, 0.4) is 0 Å². The molecule has 90 valence electrons. The van der Waals surface area contributed by atoms with Crippen molar-refractivity contribution in [1.29, 1.82) is 0 Å². The Hall–Kier alpha value is -2.31. The number of nitrogens with one attached hydrogen (secondary N) is 1. The number of carbonyl (C=O) groups is 2. The largest absolute Gasteiger partial charge is 0.345 e. The number of Topliss-reactive ketones (excluding diaryl/α,β-unsaturated/α-hetero) is 1. The number of non-ortho nitro benzene ring substituents is 1. The number of nitrogens with zero attached hydrogens (tertiary/aromatic N) is 1. The van der Waals surface area contributed by atoms with Gasteiger partial charge in [-0.05, 0) is 13.0 Å². The number of nitro benzene ring substituents is 1. The third-order valence-electron chi connectivity index (χ3n) is 1.85. The monoisotopic (exact) mass is 240 g/mol. The van der Waals surface area contributed by atoms with Crippen LogP contribution in [-0.4, -0.2) is 23.2 Å². The van der Waals surface area contributed by atoms with Crippen LogP contribution in [0.1, 0.15) is 17.3 Å². The number of nitro groups is 1. The number of carbonyl (C=O) groups excluding carboxylic acids is 2. The molecule has 0 spiro atoms. The summed E-state index contributed by atoms with van der Waals surface area (Å²) in [5.41, 5.74) is -0.712. The van der Waals surface area contributed by atoms with Crippen LogP contribution < -0.4 is 5.32 Å². The van der Waals surface area contributed by atoms with E-state index in [1.807, 2.05) is 0 Å². The summed E-state index contributed by atoms with van der Waals surface area (Å²) < 4.78 is 13.0. The lowest BCUT2D eigenvalue weighted by atomic mass is 10.2. The zero-order valence-corrected chi connectivity index (χ0v) is 8.90. The van der Waals surface area contributed by atoms with Crippen LogP contribution >= 0.6 is 0 Å². The Labute approximate surface area is 95.6 Å². The van der Waals surface area contributed by atoms with Gasteiger partial charge in [-0.1, -0.05) is 0 Å². The minimum atomic E-state index is -0.882. The summed E-state index contributed by atoms with van der Waals surface area (Å²) in [5.74, 6) is -1.89. The molecule has 17 heavy (non-hydrogen) atoms. The highest BCUT2D eigenvalue weighted by atomic mass is 19.1. The van der Waals surface area contributed by atoms with Gasteiger partial charge in [-0.25, -0.2) is 4.39 Å². The molecule has 1 aromatic carbocycles. The maximum Gasteiger partial charge on any atom is 0.273 e. The summed E-state index contributed by atoms with van der Waals surface area (Å²) in [5, 5.41) is 12.7. The number of rotatable bonds is 4. The molecule has 0 aliphatic rings. The zero-order valence-electron chi connectivity index (χ0n) is 8.90. The molecule has 7 heteroatoms. The fraction of sp³-hybridized carbons (Fsp3) is 0.200. The molecule has 0 aliphatic heterocycles. The van der Waals surface area contributed by atoms with Gasteiger partial charge in [0.25, 0.3) is 11.6 Å². The van der Waals surface area contributed by atoms with Crippen molar-refractivity contribution in [3.05, 3.63) is 39.7 Å². The van der Waals surface area contributed by atoms with E-state index in [4.69, 9.17) is 0 Å². The van der Waals surface area contributed by atoms with Crippen LogP contribution in [0.5, 0.6) is 0 Å². The van der Waals surface area contributed by atoms with Gasteiger partial charge in [0.05, 0.1) is 17.5 Å². The molecule has 0 atom stereocenters. The third-order valence-corrected chi connectivity index (χ3v) is 1.85. The normalized spacial score (nSPS) is 9.76. The van der Waals surface area contributed by atoms with Crippen molar-refractivity contribution in [2.24, 2.45) is 0 Å². The average Bonchev–Trinajstić information content (AvgIpc) is 2.24. The molecule has 1 amide bonds. The van der Waals surface area contributed by atoms with E-state index in [2.05, 4.69) is 5.32 Å². The molecule has 0 heterocycles. The van der Waals surface area contributed by atoms with Crippen LogP contribution in [0.2, 0.25) is 0 Å². The topological polar surface area (TPSA) is 89.3 Å². The second kappa shape index (κ2) is 5.15. The first kappa shape index (κ1) is 12.8. The second-order valence-electron chi connectivity index (χ2n) is 3.34. The van der Waals surface area contributed by atoms with Gasteiger partial charge < -0.3 is 5.32 Å². The molecule has 0 radical (unpaired) electrons. The number of benzene rings is 1. The zero-order chi connectivity index (χ0) is 13.0. The molecule has 1 aromatic rings. The molecular formula is C10H9FN2O4. The first-order chi connectivity index (χ1) is 7.90. The Morgan fingerprint density at radius 2 is 2.06 bits per heavy atom. The van der Waals surface area contributed by atoms with Gasteiger partial charge in [0.15, 0.2) is 0 Å². The molecule has 1 N–H and O–H groups in total. The van der Waals surface area contributed by atoms with Crippen molar-refractivity contribution in [3.63, 3.8) is 0 Å². The van der Waals surface area contributed by atoms with Crippen LogP contribution in [-0.2, 0) is 4.79 Å². The number of amides is 1. The van der Waals surface area contributed by atoms with Gasteiger partial charge in [-0.3, -0.25) is 19.7 Å². The Morgan fingerprint density at radius 3 is 2.59 bits per heavy atom. The molecule has 0 unspecified atom stereocenters. The van der Waals surface area contributed by atoms with Crippen molar-refractivity contribution < 1.29 is 18.9 Å². The van der Waals surface area contributed by atoms with E-state index in [0.29, 0.717) is 6.07 Å². The standard InChI is InChI=1S/C10H9FN2O4/c1-6(14)5-12-10(15)7-2-8(11)4-9(3-7)13(16)17/h2-4H,5H2,1H3,(H,12,15). The van der Waals surface area contributed by atoms with Crippen LogP contribution in [0.15, 0.2) is 18.2 Å². The highest BCUT2D eigenvalue weighted by Crippen LogP contribution is 2.16. The van der Waals surface area contributed by atoms with E-state index < -0.39 is 22.3 Å². The van der Waals surface area contributed by atoms with E-state index >= 15 is 0 Å². The van der Waals surface area contributed by atoms with Gasteiger partial charge in [0.2, 0.25) is 0 Å². The maximum absolute atomic E-state index is 13.0. The molecule has 0 saturated heterocycles. The Bertz CT molecular complexity index is 487. The highest BCUT2D eigenvalue weighted by Gasteiger charge is 2.14. The lowest BCUT2D eigenvalue weighted by Crippen LogP contribution is -2.28. The predicted octanol–water partition coefficient (Wildman–Crippen LogP) is 1.05. The SMILES string of the molecule is CC(=O)CNC(=O)c1cc(F)cc([N+](=O)[O-])c1. The van der Waals surface area contributed by atoms with Crippen molar-refractivity contribution >= 4 is 17.4 Å². The molecular weight excluding hydrogens is 231 g/mol. The first-order valence-electron chi connectivity index (χ1n) is 4.63. The van der Waals surface area contributed by atoms with Gasteiger partial charge >= 0.3 is 0 Å². The molecule has 0 aromatic heterocycles. The van der Waals surface area contributed by atoms with Gasteiger partial charge in [-0.15, -0.1) is 0 Å². The molecule has 1 rings (SSSR count). The molecule has 6 nitrogen and oxygen atoms in total. The quantitative estimate of drug-likeness (QED) is 0.629. The molecule has 0 aliphatic carbocycles. The van der Waals surface area contributed by atoms with E-state index in [1.165, 1.54) is 6.92 Å². The smallest absolute Gasteiger partial charge is 0.273 e.